The number of nitrogen functional groups attached to an aromatic ring is 1. The molecule has 4 nitrogen and oxygen atoms in total. The van der Waals surface area contributed by atoms with Crippen LogP contribution in [0.15, 0.2) is 35.2 Å². The summed E-state index contributed by atoms with van der Waals surface area (Å²) < 4.78 is 6.03. The average molecular weight is 315 g/mol. The number of nitrogens with two attached hydrogens (primary N) is 1. The number of hydrogen-bond donors (Lipinski definition) is 1. The largest absolute Gasteiger partial charge is 0.480 e. The van der Waals surface area contributed by atoms with Crippen LogP contribution in [-0.2, 0) is 0 Å². The lowest BCUT2D eigenvalue weighted by atomic mass is 10.3. The maximum atomic E-state index is 6.06. The first-order chi connectivity index (χ1) is 10.2. The van der Waals surface area contributed by atoms with Crippen molar-refractivity contribution in [3.8, 4) is 5.75 Å². The number of fused-ring (bicyclic) bond motifs is 2. The summed E-state index contributed by atoms with van der Waals surface area (Å²) in [5.74, 6) is 2.89. The van der Waals surface area contributed by atoms with Crippen molar-refractivity contribution in [3.05, 3.63) is 41.0 Å². The Kier molecular flexibility index (Phi) is 3.01. The molecule has 1 atom stereocenters. The maximum absolute atomic E-state index is 6.06. The molecule has 3 aromatic rings. The summed E-state index contributed by atoms with van der Waals surface area (Å²) >= 11 is 3.40. The molecule has 1 aliphatic rings. The van der Waals surface area contributed by atoms with Crippen LogP contribution in [0.1, 0.15) is 16.8 Å². The van der Waals surface area contributed by atoms with Crippen LogP contribution >= 0.6 is 23.1 Å². The topological polar surface area (TPSA) is 61.0 Å². The zero-order valence-electron chi connectivity index (χ0n) is 11.4. The van der Waals surface area contributed by atoms with Crippen LogP contribution in [0.25, 0.3) is 10.2 Å². The third-order valence-electron chi connectivity index (χ3n) is 3.36. The van der Waals surface area contributed by atoms with Gasteiger partial charge in [0.25, 0.3) is 0 Å². The molecular weight excluding hydrogens is 302 g/mol. The number of thiophene rings is 1. The zero-order chi connectivity index (χ0) is 14.4. The number of thioether (sulfide) groups is 1. The van der Waals surface area contributed by atoms with Gasteiger partial charge in [-0.25, -0.2) is 9.97 Å². The second-order valence-corrected chi connectivity index (χ2v) is 7.20. The number of para-hydroxylation sites is 1. The molecule has 106 valence electrons. The van der Waals surface area contributed by atoms with Crippen LogP contribution < -0.4 is 10.5 Å². The molecule has 0 amide bonds. The Morgan fingerprint density at radius 3 is 3.05 bits per heavy atom. The second kappa shape index (κ2) is 4.89. The molecule has 6 heteroatoms. The number of rotatable bonds is 1. The van der Waals surface area contributed by atoms with Gasteiger partial charge in [0, 0.05) is 15.5 Å². The quantitative estimate of drug-likeness (QED) is 0.740. The Bertz CT molecular complexity index is 831. The number of ether oxygens (including phenoxy) is 1. The van der Waals surface area contributed by atoms with E-state index in [0.29, 0.717) is 11.6 Å². The Morgan fingerprint density at radius 2 is 2.14 bits per heavy atom. The van der Waals surface area contributed by atoms with E-state index in [1.165, 1.54) is 4.88 Å². The Hall–Kier alpha value is -1.79. The highest BCUT2D eigenvalue weighted by atomic mass is 32.2. The van der Waals surface area contributed by atoms with E-state index in [0.717, 1.165) is 26.6 Å². The van der Waals surface area contributed by atoms with Crippen molar-refractivity contribution in [3.63, 3.8) is 0 Å². The number of aryl methyl sites for hydroxylation is 1. The molecule has 21 heavy (non-hydrogen) atoms. The Labute approximate surface area is 130 Å². The van der Waals surface area contributed by atoms with Gasteiger partial charge in [0.2, 0.25) is 0 Å². The molecule has 3 heterocycles. The lowest BCUT2D eigenvalue weighted by molar-refractivity contribution is 0.211. The fourth-order valence-corrected chi connectivity index (χ4v) is 4.25. The van der Waals surface area contributed by atoms with Crippen molar-refractivity contribution in [1.82, 2.24) is 9.97 Å². The first kappa shape index (κ1) is 12.9. The van der Waals surface area contributed by atoms with Crippen LogP contribution in [0, 0.1) is 6.92 Å². The molecule has 0 bridgehead atoms. The Balaban J connectivity index is 1.74. The lowest BCUT2D eigenvalue weighted by Crippen LogP contribution is -2.18. The first-order valence-corrected chi connectivity index (χ1v) is 8.43. The standard InChI is InChI=1S/C15H13N3OS2/c1-8-6-9-13(16)17-14(18-15(9)21-8)11-7-20-12-5-3-2-4-10(12)19-11/h2-6,11H,7H2,1H3,(H2,16,17,18). The monoisotopic (exact) mass is 315 g/mol. The zero-order valence-corrected chi connectivity index (χ0v) is 13.0. The summed E-state index contributed by atoms with van der Waals surface area (Å²) in [5.41, 5.74) is 6.06. The number of anilines is 1. The van der Waals surface area contributed by atoms with Gasteiger partial charge in [-0.3, -0.25) is 0 Å². The highest BCUT2D eigenvalue weighted by Crippen LogP contribution is 2.40. The molecule has 1 aliphatic heterocycles. The molecule has 0 radical (unpaired) electrons. The van der Waals surface area contributed by atoms with E-state index >= 15 is 0 Å². The second-order valence-electron chi connectivity index (χ2n) is 4.91. The minimum absolute atomic E-state index is 0.154. The average Bonchev–Trinajstić information content (AvgIpc) is 2.88. The van der Waals surface area contributed by atoms with Crippen molar-refractivity contribution >= 4 is 39.1 Å². The highest BCUT2D eigenvalue weighted by molar-refractivity contribution is 7.99. The molecule has 0 saturated heterocycles. The lowest BCUT2D eigenvalue weighted by Gasteiger charge is -2.24. The van der Waals surface area contributed by atoms with E-state index in [2.05, 4.69) is 23.0 Å². The summed E-state index contributed by atoms with van der Waals surface area (Å²) in [5, 5.41) is 0.935. The highest BCUT2D eigenvalue weighted by Gasteiger charge is 2.25. The van der Waals surface area contributed by atoms with Crippen LogP contribution in [0.4, 0.5) is 5.82 Å². The van der Waals surface area contributed by atoms with Crippen molar-refractivity contribution in [2.45, 2.75) is 17.9 Å². The van der Waals surface area contributed by atoms with Crippen molar-refractivity contribution < 1.29 is 4.74 Å². The van der Waals surface area contributed by atoms with Gasteiger partial charge in [-0.05, 0) is 25.1 Å². The van der Waals surface area contributed by atoms with Crippen LogP contribution in [0.2, 0.25) is 0 Å². The normalized spacial score (nSPS) is 17.5. The fourth-order valence-electron chi connectivity index (χ4n) is 2.37. The van der Waals surface area contributed by atoms with Gasteiger partial charge >= 0.3 is 0 Å². The summed E-state index contributed by atoms with van der Waals surface area (Å²) in [4.78, 5) is 12.4. The molecular formula is C15H13N3OS2. The van der Waals surface area contributed by atoms with E-state index in [-0.39, 0.29) is 6.10 Å². The van der Waals surface area contributed by atoms with Crippen LogP contribution in [0.3, 0.4) is 0 Å². The first-order valence-electron chi connectivity index (χ1n) is 6.63. The Morgan fingerprint density at radius 1 is 1.29 bits per heavy atom. The molecule has 0 saturated carbocycles. The maximum Gasteiger partial charge on any atom is 0.173 e. The fraction of sp³-hybridized carbons (Fsp3) is 0.200. The molecule has 0 aliphatic carbocycles. The smallest absolute Gasteiger partial charge is 0.173 e. The van der Waals surface area contributed by atoms with Gasteiger partial charge in [-0.2, -0.15) is 0 Å². The van der Waals surface area contributed by atoms with Crippen molar-refractivity contribution in [1.29, 1.82) is 0 Å². The third-order valence-corrected chi connectivity index (χ3v) is 5.42. The number of benzene rings is 1. The van der Waals surface area contributed by atoms with Gasteiger partial charge < -0.3 is 10.5 Å². The SMILES string of the molecule is Cc1cc2c(N)nc(C3CSc4ccccc4O3)nc2s1. The van der Waals surface area contributed by atoms with E-state index in [1.807, 2.05) is 24.3 Å². The number of hydrogen-bond acceptors (Lipinski definition) is 6. The van der Waals surface area contributed by atoms with Crippen molar-refractivity contribution in [2.75, 3.05) is 11.5 Å². The van der Waals surface area contributed by atoms with E-state index in [1.54, 1.807) is 23.1 Å². The summed E-state index contributed by atoms with van der Waals surface area (Å²) in [7, 11) is 0. The van der Waals surface area contributed by atoms with Crippen LogP contribution in [0.5, 0.6) is 5.75 Å². The molecule has 1 aromatic carbocycles. The van der Waals surface area contributed by atoms with Gasteiger partial charge in [0.05, 0.1) is 5.39 Å². The van der Waals surface area contributed by atoms with Crippen molar-refractivity contribution in [2.24, 2.45) is 0 Å². The van der Waals surface area contributed by atoms with Crippen LogP contribution in [-0.4, -0.2) is 15.7 Å². The summed E-state index contributed by atoms with van der Waals surface area (Å²) in [6.07, 6.45) is -0.154. The van der Waals surface area contributed by atoms with E-state index in [9.17, 15) is 0 Å². The van der Waals surface area contributed by atoms with Gasteiger partial charge in [-0.1, -0.05) is 12.1 Å². The molecule has 4 rings (SSSR count). The molecule has 0 spiro atoms. The van der Waals surface area contributed by atoms with Gasteiger partial charge in [0.1, 0.15) is 16.4 Å². The summed E-state index contributed by atoms with van der Waals surface area (Å²) in [6, 6.07) is 10.1. The van der Waals surface area contributed by atoms with E-state index < -0.39 is 0 Å². The van der Waals surface area contributed by atoms with Gasteiger partial charge in [-0.15, -0.1) is 23.1 Å². The molecule has 1 unspecified atom stereocenters. The van der Waals surface area contributed by atoms with E-state index in [4.69, 9.17) is 10.5 Å². The minimum atomic E-state index is -0.154. The number of aromatic nitrogens is 2. The minimum Gasteiger partial charge on any atom is -0.480 e. The van der Waals surface area contributed by atoms with Gasteiger partial charge in [0.15, 0.2) is 11.9 Å². The molecule has 2 aromatic heterocycles. The molecule has 2 N–H and O–H groups in total. The predicted molar refractivity (Wildman–Crippen MR) is 87.1 cm³/mol. The number of nitrogens with zero attached hydrogens (tertiary/aromatic N) is 2. The summed E-state index contributed by atoms with van der Waals surface area (Å²) in [6.45, 7) is 2.05. The third kappa shape index (κ3) is 2.24. The predicted octanol–water partition coefficient (Wildman–Crippen LogP) is 3.81. The molecule has 0 fully saturated rings.